The van der Waals surface area contributed by atoms with Crippen LogP contribution in [-0.4, -0.2) is 61.0 Å². The molecule has 0 fully saturated rings. The molecule has 0 unspecified atom stereocenters. The molecule has 0 radical (unpaired) electrons. The van der Waals surface area contributed by atoms with Gasteiger partial charge in [0.15, 0.2) is 9.84 Å². The molecule has 2 amide bonds. The molecule has 0 saturated heterocycles. The highest BCUT2D eigenvalue weighted by molar-refractivity contribution is 7.91. The third kappa shape index (κ3) is 7.71. The van der Waals surface area contributed by atoms with Crippen LogP contribution in [0.3, 0.4) is 0 Å². The first-order chi connectivity index (χ1) is 18.9. The third-order valence-corrected chi connectivity index (χ3v) is 7.63. The van der Waals surface area contributed by atoms with Crippen LogP contribution in [0.1, 0.15) is 59.3 Å². The summed E-state index contributed by atoms with van der Waals surface area (Å²) in [5.41, 5.74) is 0.827. The summed E-state index contributed by atoms with van der Waals surface area (Å²) in [6.45, 7) is -0.407. The Morgan fingerprint density at radius 2 is 1.83 bits per heavy atom. The van der Waals surface area contributed by atoms with Crippen molar-refractivity contribution < 1.29 is 49.1 Å². The number of amides is 2. The Kier molecular flexibility index (Phi) is 8.35. The van der Waals surface area contributed by atoms with Crippen molar-refractivity contribution in [1.29, 1.82) is 0 Å². The molecular weight excluding hydrogens is 582 g/mol. The fourth-order valence-corrected chi connectivity index (χ4v) is 5.75. The fourth-order valence-electron chi connectivity index (χ4n) is 5.20. The lowest BCUT2D eigenvalue weighted by molar-refractivity contribution is -0.137. The van der Waals surface area contributed by atoms with Crippen molar-refractivity contribution in [3.63, 3.8) is 0 Å². The van der Waals surface area contributed by atoms with Crippen molar-refractivity contribution in [3.8, 4) is 5.75 Å². The molecule has 16 heteroatoms. The van der Waals surface area contributed by atoms with Crippen LogP contribution in [0, 0.1) is 0 Å². The highest BCUT2D eigenvalue weighted by atomic mass is 32.2. The minimum absolute atomic E-state index is 0.0532. The summed E-state index contributed by atoms with van der Waals surface area (Å²) in [4.78, 5) is 25.8. The van der Waals surface area contributed by atoms with Crippen LogP contribution in [0.5, 0.6) is 5.75 Å². The maximum absolute atomic E-state index is 13.4. The summed E-state index contributed by atoms with van der Waals surface area (Å²) >= 11 is 0. The first-order valence-corrected chi connectivity index (χ1v) is 14.8. The number of ether oxygens (including phenoxy) is 1. The zero-order valence-corrected chi connectivity index (χ0v) is 22.7. The molecule has 1 atom stereocenters. The summed E-state index contributed by atoms with van der Waals surface area (Å²) in [7, 11) is -3.73. The second-order valence-electron chi connectivity index (χ2n) is 10.3. The number of hydrogen-bond donors (Lipinski definition) is 2. The molecule has 1 aromatic heterocycles. The SMILES string of the molecule is CS(=O)(=O)CC(=O)Nc1c2c(nn1CCCC(F)(F)F)C[C@]1(CCc3cc(OCCCC(F)(F)F)ccc31)NC2=O. The zero-order valence-electron chi connectivity index (χ0n) is 21.9. The van der Waals surface area contributed by atoms with Crippen LogP contribution in [-0.2, 0) is 39.6 Å². The van der Waals surface area contributed by atoms with E-state index < -0.39 is 58.1 Å². The Labute approximate surface area is 231 Å². The minimum Gasteiger partial charge on any atom is -0.494 e. The number of anilines is 1. The average Bonchev–Trinajstić information content (AvgIpc) is 3.32. The van der Waals surface area contributed by atoms with Crippen LogP contribution in [0.2, 0.25) is 0 Å². The number of carbonyl (C=O) groups excluding carboxylic acids is 2. The molecule has 9 nitrogen and oxygen atoms in total. The van der Waals surface area contributed by atoms with Gasteiger partial charge in [-0.25, -0.2) is 13.1 Å². The van der Waals surface area contributed by atoms with Crippen LogP contribution in [0.4, 0.5) is 32.2 Å². The number of aryl methyl sites for hydroxylation is 2. The van der Waals surface area contributed by atoms with Gasteiger partial charge in [-0.1, -0.05) is 6.07 Å². The number of halogens is 6. The van der Waals surface area contributed by atoms with E-state index in [2.05, 4.69) is 15.7 Å². The number of aromatic nitrogens is 2. The van der Waals surface area contributed by atoms with Crippen LogP contribution in [0.25, 0.3) is 0 Å². The molecule has 2 aromatic rings. The van der Waals surface area contributed by atoms with Gasteiger partial charge < -0.3 is 15.4 Å². The van der Waals surface area contributed by atoms with Gasteiger partial charge in [-0.2, -0.15) is 31.4 Å². The number of sulfone groups is 1. The number of alkyl halides is 6. The molecule has 1 aliphatic carbocycles. The van der Waals surface area contributed by atoms with Gasteiger partial charge in [0.25, 0.3) is 5.91 Å². The second kappa shape index (κ2) is 11.2. The number of fused-ring (bicyclic) bond motifs is 3. The fraction of sp³-hybridized carbons (Fsp3) is 0.560. The van der Waals surface area contributed by atoms with Gasteiger partial charge in [-0.05, 0) is 48.9 Å². The van der Waals surface area contributed by atoms with E-state index in [1.165, 1.54) is 0 Å². The lowest BCUT2D eigenvalue weighted by atomic mass is 9.82. The topological polar surface area (TPSA) is 119 Å². The molecule has 2 heterocycles. The lowest BCUT2D eigenvalue weighted by Crippen LogP contribution is -2.49. The standard InChI is InChI=1S/C25H28F6N4O5S/c1-41(38,39)14-19(36)32-21-20-18(34-35(21)10-2-7-24(26,27)28)13-23(33-22(20)37)9-6-15-12-16(4-5-17(15)23)40-11-3-8-25(29,30)31/h4-5,12H,2-3,6-11,13-14H2,1H3,(H,32,36)(H,33,37)/t23-/m0/s1. The predicted octanol–water partition coefficient (Wildman–Crippen LogP) is 4.06. The largest absolute Gasteiger partial charge is 0.494 e. The molecule has 1 aliphatic heterocycles. The van der Waals surface area contributed by atoms with E-state index in [1.807, 2.05) is 0 Å². The lowest BCUT2D eigenvalue weighted by Gasteiger charge is -2.35. The van der Waals surface area contributed by atoms with E-state index in [0.29, 0.717) is 18.6 Å². The first kappa shape index (κ1) is 30.7. The molecule has 1 spiro atoms. The van der Waals surface area contributed by atoms with Gasteiger partial charge in [-0.15, -0.1) is 0 Å². The Morgan fingerprint density at radius 1 is 1.15 bits per heavy atom. The molecule has 2 N–H and O–H groups in total. The molecule has 41 heavy (non-hydrogen) atoms. The maximum atomic E-state index is 13.4. The van der Waals surface area contributed by atoms with Gasteiger partial charge in [-0.3, -0.25) is 9.59 Å². The number of hydrogen-bond acceptors (Lipinski definition) is 6. The molecular formula is C25H28F6N4O5S. The summed E-state index contributed by atoms with van der Waals surface area (Å²) in [6, 6.07) is 5.00. The monoisotopic (exact) mass is 610 g/mol. The van der Waals surface area contributed by atoms with Gasteiger partial charge in [0.2, 0.25) is 5.91 Å². The Morgan fingerprint density at radius 3 is 2.49 bits per heavy atom. The molecule has 2 aliphatic rings. The number of nitrogens with zero attached hydrogens (tertiary/aromatic N) is 2. The number of rotatable bonds is 10. The van der Waals surface area contributed by atoms with Crippen molar-refractivity contribution in [2.24, 2.45) is 0 Å². The third-order valence-electron chi connectivity index (χ3n) is 6.84. The van der Waals surface area contributed by atoms with Crippen molar-refractivity contribution in [2.45, 2.75) is 69.4 Å². The summed E-state index contributed by atoms with van der Waals surface area (Å²) < 4.78 is 105. The molecule has 0 saturated carbocycles. The van der Waals surface area contributed by atoms with E-state index >= 15 is 0 Å². The summed E-state index contributed by atoms with van der Waals surface area (Å²) in [5, 5.41) is 9.64. The second-order valence-corrected chi connectivity index (χ2v) is 12.5. The molecule has 4 rings (SSSR count). The molecule has 0 bridgehead atoms. The Bertz CT molecular complexity index is 1440. The van der Waals surface area contributed by atoms with Gasteiger partial charge in [0.1, 0.15) is 22.9 Å². The van der Waals surface area contributed by atoms with E-state index in [9.17, 15) is 44.3 Å². The highest BCUT2D eigenvalue weighted by Gasteiger charge is 2.46. The number of nitrogens with one attached hydrogen (secondary N) is 2. The predicted molar refractivity (Wildman–Crippen MR) is 134 cm³/mol. The van der Waals surface area contributed by atoms with Gasteiger partial charge in [0.05, 0.1) is 17.8 Å². The normalized spacial score (nSPS) is 18.7. The molecule has 1 aromatic carbocycles. The first-order valence-electron chi connectivity index (χ1n) is 12.7. The highest BCUT2D eigenvalue weighted by Crippen LogP contribution is 2.44. The number of benzene rings is 1. The van der Waals surface area contributed by atoms with Crippen LogP contribution < -0.4 is 15.4 Å². The summed E-state index contributed by atoms with van der Waals surface area (Å²) in [6.07, 6.45) is -9.43. The van der Waals surface area contributed by atoms with E-state index in [-0.39, 0.29) is 49.5 Å². The van der Waals surface area contributed by atoms with Gasteiger partial charge in [0, 0.05) is 32.1 Å². The smallest absolute Gasteiger partial charge is 0.389 e. The van der Waals surface area contributed by atoms with Crippen molar-refractivity contribution in [1.82, 2.24) is 15.1 Å². The maximum Gasteiger partial charge on any atom is 0.389 e. The average molecular weight is 611 g/mol. The van der Waals surface area contributed by atoms with Crippen LogP contribution >= 0.6 is 0 Å². The van der Waals surface area contributed by atoms with E-state index in [4.69, 9.17) is 4.74 Å². The molecule has 226 valence electrons. The quantitative estimate of drug-likeness (QED) is 0.310. The zero-order chi connectivity index (χ0) is 30.2. The minimum atomic E-state index is -4.43. The van der Waals surface area contributed by atoms with E-state index in [0.717, 1.165) is 22.1 Å². The van der Waals surface area contributed by atoms with Crippen molar-refractivity contribution >= 4 is 27.5 Å². The van der Waals surface area contributed by atoms with Gasteiger partial charge >= 0.3 is 12.4 Å². The van der Waals surface area contributed by atoms with Crippen LogP contribution in [0.15, 0.2) is 18.2 Å². The number of carbonyl (C=O) groups is 2. The summed E-state index contributed by atoms with van der Waals surface area (Å²) in [5.74, 6) is -2.29. The Hall–Kier alpha value is -3.30. The van der Waals surface area contributed by atoms with Crippen molar-refractivity contribution in [3.05, 3.63) is 40.6 Å². The van der Waals surface area contributed by atoms with E-state index in [1.54, 1.807) is 18.2 Å². The Balaban J connectivity index is 1.57. The van der Waals surface area contributed by atoms with Crippen molar-refractivity contribution in [2.75, 3.05) is 23.9 Å².